The number of rotatable bonds is 5. The Kier molecular flexibility index (Phi) is 4.96. The van der Waals surface area contributed by atoms with Gasteiger partial charge in [0.1, 0.15) is 0 Å². The number of anilines is 1. The van der Waals surface area contributed by atoms with E-state index in [0.29, 0.717) is 10.6 Å². The lowest BCUT2D eigenvalue weighted by molar-refractivity contribution is 0.102. The molecule has 0 bridgehead atoms. The van der Waals surface area contributed by atoms with Crippen LogP contribution in [-0.4, -0.2) is 16.1 Å². The number of aromatic nitrogens is 2. The minimum atomic E-state index is -0.192. The Morgan fingerprint density at radius 3 is 2.67 bits per heavy atom. The highest BCUT2D eigenvalue weighted by Gasteiger charge is 2.14. The molecule has 0 saturated heterocycles. The third kappa shape index (κ3) is 3.84. The molecule has 3 rings (SSSR count). The van der Waals surface area contributed by atoms with Gasteiger partial charge in [-0.1, -0.05) is 48.0 Å². The van der Waals surface area contributed by atoms with Crippen molar-refractivity contribution in [1.82, 2.24) is 10.2 Å². The summed E-state index contributed by atoms with van der Waals surface area (Å²) in [6.45, 7) is 1.90. The van der Waals surface area contributed by atoms with Gasteiger partial charge >= 0.3 is 0 Å². The van der Waals surface area contributed by atoms with Gasteiger partial charge in [-0.25, -0.2) is 0 Å². The average Bonchev–Trinajstić information content (AvgIpc) is 2.94. The molecule has 122 valence electrons. The summed E-state index contributed by atoms with van der Waals surface area (Å²) in [5.74, 6) is -0.192. The van der Waals surface area contributed by atoms with Crippen molar-refractivity contribution in [1.29, 1.82) is 0 Å². The predicted octanol–water partition coefficient (Wildman–Crippen LogP) is 4.41. The lowest BCUT2D eigenvalue weighted by Crippen LogP contribution is -2.13. The molecular formula is C19H18ClN3O. The van der Waals surface area contributed by atoms with Crippen LogP contribution in [0.4, 0.5) is 5.69 Å². The number of carbonyl (C=O) groups excluding carboxylic acids is 1. The standard InChI is InChI=1S/C19H18ClN3O/c1-13-18(21-19(24)15-8-5-9-16(20)12-15)17(23-22-13)11-10-14-6-3-2-4-7-14/h2-9,12H,10-11H2,1H3,(H,21,24)(H,22,23). The maximum absolute atomic E-state index is 12.4. The Morgan fingerprint density at radius 1 is 1.12 bits per heavy atom. The number of hydrogen-bond acceptors (Lipinski definition) is 2. The summed E-state index contributed by atoms with van der Waals surface area (Å²) in [5.41, 5.74) is 4.21. The summed E-state index contributed by atoms with van der Waals surface area (Å²) >= 11 is 5.95. The van der Waals surface area contributed by atoms with Crippen molar-refractivity contribution >= 4 is 23.2 Å². The number of aromatic amines is 1. The molecule has 4 nitrogen and oxygen atoms in total. The van der Waals surface area contributed by atoms with Crippen LogP contribution >= 0.6 is 11.6 Å². The van der Waals surface area contributed by atoms with Crippen LogP contribution in [-0.2, 0) is 12.8 Å². The maximum Gasteiger partial charge on any atom is 0.255 e. The summed E-state index contributed by atoms with van der Waals surface area (Å²) in [7, 11) is 0. The van der Waals surface area contributed by atoms with Crippen LogP contribution in [0, 0.1) is 6.92 Å². The quantitative estimate of drug-likeness (QED) is 0.723. The molecule has 24 heavy (non-hydrogen) atoms. The van der Waals surface area contributed by atoms with E-state index < -0.39 is 0 Å². The van der Waals surface area contributed by atoms with Gasteiger partial charge in [-0.3, -0.25) is 9.89 Å². The van der Waals surface area contributed by atoms with Gasteiger partial charge in [0.25, 0.3) is 5.91 Å². The Hall–Kier alpha value is -2.59. The largest absolute Gasteiger partial charge is 0.319 e. The highest BCUT2D eigenvalue weighted by Crippen LogP contribution is 2.21. The normalized spacial score (nSPS) is 10.6. The van der Waals surface area contributed by atoms with Gasteiger partial charge in [0.15, 0.2) is 0 Å². The van der Waals surface area contributed by atoms with Crippen LogP contribution in [0.1, 0.15) is 27.3 Å². The molecule has 2 N–H and O–H groups in total. The fourth-order valence-electron chi connectivity index (χ4n) is 2.55. The molecular weight excluding hydrogens is 322 g/mol. The van der Waals surface area contributed by atoms with Crippen LogP contribution in [0.15, 0.2) is 54.6 Å². The van der Waals surface area contributed by atoms with E-state index in [0.717, 1.165) is 29.9 Å². The van der Waals surface area contributed by atoms with E-state index in [2.05, 4.69) is 27.6 Å². The molecule has 0 atom stereocenters. The van der Waals surface area contributed by atoms with Gasteiger partial charge in [0.2, 0.25) is 0 Å². The zero-order chi connectivity index (χ0) is 16.9. The zero-order valence-corrected chi connectivity index (χ0v) is 14.1. The summed E-state index contributed by atoms with van der Waals surface area (Å²) in [6.07, 6.45) is 1.62. The first-order chi connectivity index (χ1) is 11.6. The van der Waals surface area contributed by atoms with Gasteiger partial charge in [-0.2, -0.15) is 5.10 Å². The number of hydrogen-bond donors (Lipinski definition) is 2. The highest BCUT2D eigenvalue weighted by atomic mass is 35.5. The molecule has 0 aliphatic carbocycles. The molecule has 2 aromatic carbocycles. The number of halogens is 1. The number of amides is 1. The second kappa shape index (κ2) is 7.32. The lowest BCUT2D eigenvalue weighted by Gasteiger charge is -2.07. The van der Waals surface area contributed by atoms with E-state index in [9.17, 15) is 4.79 Å². The first-order valence-corrected chi connectivity index (χ1v) is 8.16. The summed E-state index contributed by atoms with van der Waals surface area (Å²) in [6, 6.07) is 17.1. The number of nitrogens with one attached hydrogen (secondary N) is 2. The maximum atomic E-state index is 12.4. The minimum Gasteiger partial charge on any atom is -0.319 e. The Bertz CT molecular complexity index is 843. The third-order valence-electron chi connectivity index (χ3n) is 3.84. The molecule has 1 aromatic heterocycles. The molecule has 0 fully saturated rings. The van der Waals surface area contributed by atoms with E-state index in [1.165, 1.54) is 5.56 Å². The van der Waals surface area contributed by atoms with E-state index in [1.807, 2.05) is 25.1 Å². The first-order valence-electron chi connectivity index (χ1n) is 7.78. The van der Waals surface area contributed by atoms with Crippen molar-refractivity contribution in [2.24, 2.45) is 0 Å². The zero-order valence-electron chi connectivity index (χ0n) is 13.3. The number of H-pyrrole nitrogens is 1. The molecule has 5 heteroatoms. The third-order valence-corrected chi connectivity index (χ3v) is 4.08. The van der Waals surface area contributed by atoms with E-state index in [-0.39, 0.29) is 5.91 Å². The molecule has 1 amide bonds. The van der Waals surface area contributed by atoms with E-state index >= 15 is 0 Å². The average molecular weight is 340 g/mol. The molecule has 0 aliphatic heterocycles. The summed E-state index contributed by atoms with van der Waals surface area (Å²) in [4.78, 5) is 12.4. The Morgan fingerprint density at radius 2 is 1.92 bits per heavy atom. The Labute approximate surface area is 145 Å². The second-order valence-electron chi connectivity index (χ2n) is 5.62. The summed E-state index contributed by atoms with van der Waals surface area (Å²) in [5, 5.41) is 10.8. The Balaban J connectivity index is 1.74. The SMILES string of the molecule is Cc1[nH]nc(CCc2ccccc2)c1NC(=O)c1cccc(Cl)c1. The first kappa shape index (κ1) is 16.3. The monoisotopic (exact) mass is 339 g/mol. The van der Waals surface area contributed by atoms with Crippen LogP contribution in [0.25, 0.3) is 0 Å². The van der Waals surface area contributed by atoms with Gasteiger partial charge in [-0.15, -0.1) is 0 Å². The minimum absolute atomic E-state index is 0.192. The van der Waals surface area contributed by atoms with Gasteiger partial charge < -0.3 is 5.32 Å². The van der Waals surface area contributed by atoms with Gasteiger partial charge in [0.05, 0.1) is 17.1 Å². The van der Waals surface area contributed by atoms with Gasteiger partial charge in [0, 0.05) is 10.6 Å². The van der Waals surface area contributed by atoms with Crippen LogP contribution < -0.4 is 5.32 Å². The van der Waals surface area contributed by atoms with Crippen molar-refractivity contribution in [3.8, 4) is 0 Å². The fraction of sp³-hybridized carbons (Fsp3) is 0.158. The van der Waals surface area contributed by atoms with E-state index in [4.69, 9.17) is 11.6 Å². The van der Waals surface area contributed by atoms with Crippen molar-refractivity contribution < 1.29 is 4.79 Å². The molecule has 1 heterocycles. The number of carbonyl (C=O) groups is 1. The van der Waals surface area contributed by atoms with Crippen molar-refractivity contribution in [2.45, 2.75) is 19.8 Å². The van der Waals surface area contributed by atoms with Crippen molar-refractivity contribution in [3.05, 3.63) is 82.1 Å². The number of benzene rings is 2. The number of aryl methyl sites for hydroxylation is 3. The molecule has 0 saturated carbocycles. The highest BCUT2D eigenvalue weighted by molar-refractivity contribution is 6.31. The lowest BCUT2D eigenvalue weighted by atomic mass is 10.1. The van der Waals surface area contributed by atoms with Crippen LogP contribution in [0.2, 0.25) is 5.02 Å². The molecule has 3 aromatic rings. The summed E-state index contributed by atoms with van der Waals surface area (Å²) < 4.78 is 0. The van der Waals surface area contributed by atoms with E-state index in [1.54, 1.807) is 24.3 Å². The van der Waals surface area contributed by atoms with Gasteiger partial charge in [-0.05, 0) is 43.5 Å². The van der Waals surface area contributed by atoms with Crippen molar-refractivity contribution in [2.75, 3.05) is 5.32 Å². The van der Waals surface area contributed by atoms with Crippen LogP contribution in [0.3, 0.4) is 0 Å². The molecule has 0 aliphatic rings. The second-order valence-corrected chi connectivity index (χ2v) is 6.06. The molecule has 0 spiro atoms. The predicted molar refractivity (Wildman–Crippen MR) is 96.6 cm³/mol. The fourth-order valence-corrected chi connectivity index (χ4v) is 2.74. The number of nitrogens with zero attached hydrogens (tertiary/aromatic N) is 1. The topological polar surface area (TPSA) is 57.8 Å². The molecule has 0 radical (unpaired) electrons. The molecule has 0 unspecified atom stereocenters. The van der Waals surface area contributed by atoms with Crippen molar-refractivity contribution in [3.63, 3.8) is 0 Å². The smallest absolute Gasteiger partial charge is 0.255 e. The van der Waals surface area contributed by atoms with Crippen LogP contribution in [0.5, 0.6) is 0 Å².